The largest absolute Gasteiger partial charge is 0.355 e. The van der Waals surface area contributed by atoms with Crippen LogP contribution >= 0.6 is 0 Å². The summed E-state index contributed by atoms with van der Waals surface area (Å²) in [7, 11) is 1.58. The molecule has 0 atom stereocenters. The Bertz CT molecular complexity index is 796. The monoisotopic (exact) mass is 340 g/mol. The number of benzene rings is 1. The SMILES string of the molecule is CNC(=O)c1ccc(NC(=O)c2cc(C3CC3)n(C(C)(C)C)n2)cc1. The summed E-state index contributed by atoms with van der Waals surface area (Å²) in [6.07, 6.45) is 2.31. The summed E-state index contributed by atoms with van der Waals surface area (Å²) in [5, 5.41) is 9.95. The highest BCUT2D eigenvalue weighted by Gasteiger charge is 2.32. The Morgan fingerprint density at radius 1 is 1.12 bits per heavy atom. The summed E-state index contributed by atoms with van der Waals surface area (Å²) in [4.78, 5) is 24.1. The minimum Gasteiger partial charge on any atom is -0.355 e. The van der Waals surface area contributed by atoms with Gasteiger partial charge in [-0.25, -0.2) is 0 Å². The number of rotatable bonds is 4. The van der Waals surface area contributed by atoms with Crippen LogP contribution in [-0.2, 0) is 5.54 Å². The number of nitrogens with one attached hydrogen (secondary N) is 2. The van der Waals surface area contributed by atoms with E-state index >= 15 is 0 Å². The van der Waals surface area contributed by atoms with Crippen LogP contribution in [0.2, 0.25) is 0 Å². The first-order chi connectivity index (χ1) is 11.8. The van der Waals surface area contributed by atoms with Gasteiger partial charge in [0, 0.05) is 29.9 Å². The molecule has 0 unspecified atom stereocenters. The van der Waals surface area contributed by atoms with Crippen LogP contribution in [0.25, 0.3) is 0 Å². The van der Waals surface area contributed by atoms with E-state index < -0.39 is 0 Å². The van der Waals surface area contributed by atoms with Crippen LogP contribution in [0, 0.1) is 0 Å². The minimum absolute atomic E-state index is 0.157. The van der Waals surface area contributed by atoms with E-state index in [1.165, 1.54) is 0 Å². The molecule has 0 saturated heterocycles. The predicted octanol–water partition coefficient (Wildman–Crippen LogP) is 3.13. The quantitative estimate of drug-likeness (QED) is 0.898. The van der Waals surface area contributed by atoms with Gasteiger partial charge >= 0.3 is 0 Å². The maximum Gasteiger partial charge on any atom is 0.276 e. The molecule has 0 spiro atoms. The lowest BCUT2D eigenvalue weighted by atomic mass is 10.1. The summed E-state index contributed by atoms with van der Waals surface area (Å²) in [5.74, 6) is 0.119. The number of aromatic nitrogens is 2. The Balaban J connectivity index is 1.78. The zero-order chi connectivity index (χ0) is 18.2. The number of nitrogens with zero attached hydrogens (tertiary/aromatic N) is 2. The van der Waals surface area contributed by atoms with Gasteiger partial charge in [0.15, 0.2) is 5.69 Å². The van der Waals surface area contributed by atoms with Crippen molar-refractivity contribution in [1.82, 2.24) is 15.1 Å². The molecule has 0 radical (unpaired) electrons. The van der Waals surface area contributed by atoms with Gasteiger partial charge in [0.25, 0.3) is 11.8 Å². The van der Waals surface area contributed by atoms with Crippen molar-refractivity contribution >= 4 is 17.5 Å². The molecule has 6 heteroatoms. The van der Waals surface area contributed by atoms with Crippen LogP contribution in [0.3, 0.4) is 0 Å². The molecule has 1 heterocycles. The molecule has 1 fully saturated rings. The molecular formula is C19H24N4O2. The molecule has 2 amide bonds. The average molecular weight is 340 g/mol. The second-order valence-electron chi connectivity index (χ2n) is 7.42. The van der Waals surface area contributed by atoms with Gasteiger partial charge < -0.3 is 10.6 Å². The Labute approximate surface area is 147 Å². The summed E-state index contributed by atoms with van der Waals surface area (Å²) in [6.45, 7) is 6.27. The van der Waals surface area contributed by atoms with Gasteiger partial charge in [-0.05, 0) is 63.9 Å². The van der Waals surface area contributed by atoms with Gasteiger partial charge in [-0.3, -0.25) is 14.3 Å². The molecule has 1 aliphatic carbocycles. The van der Waals surface area contributed by atoms with Crippen molar-refractivity contribution in [3.8, 4) is 0 Å². The Kier molecular flexibility index (Phi) is 4.37. The highest BCUT2D eigenvalue weighted by molar-refractivity contribution is 6.03. The van der Waals surface area contributed by atoms with E-state index in [0.717, 1.165) is 18.5 Å². The Morgan fingerprint density at radius 3 is 2.28 bits per heavy atom. The first-order valence-electron chi connectivity index (χ1n) is 8.53. The highest BCUT2D eigenvalue weighted by atomic mass is 16.2. The number of carbonyl (C=O) groups is 2. The van der Waals surface area contributed by atoms with E-state index in [2.05, 4.69) is 36.5 Å². The fraction of sp³-hybridized carbons (Fsp3) is 0.421. The minimum atomic E-state index is -0.238. The number of hydrogen-bond donors (Lipinski definition) is 2. The topological polar surface area (TPSA) is 76.0 Å². The maximum atomic E-state index is 12.6. The molecule has 1 aromatic carbocycles. The molecule has 6 nitrogen and oxygen atoms in total. The number of hydrogen-bond acceptors (Lipinski definition) is 3. The first kappa shape index (κ1) is 17.2. The van der Waals surface area contributed by atoms with Gasteiger partial charge in [0.1, 0.15) is 0 Å². The third-order valence-corrected chi connectivity index (χ3v) is 4.23. The molecule has 25 heavy (non-hydrogen) atoms. The van der Waals surface area contributed by atoms with Crippen LogP contribution < -0.4 is 10.6 Å². The van der Waals surface area contributed by atoms with Gasteiger partial charge in [0.2, 0.25) is 0 Å². The van der Waals surface area contributed by atoms with Gasteiger partial charge in [-0.1, -0.05) is 0 Å². The average Bonchev–Trinajstić information content (AvgIpc) is 3.31. The maximum absolute atomic E-state index is 12.6. The third-order valence-electron chi connectivity index (χ3n) is 4.23. The normalized spacial score (nSPS) is 14.2. The van der Waals surface area contributed by atoms with Crippen molar-refractivity contribution in [2.24, 2.45) is 0 Å². The van der Waals surface area contributed by atoms with Crippen molar-refractivity contribution in [2.45, 2.75) is 45.1 Å². The smallest absolute Gasteiger partial charge is 0.276 e. The van der Waals surface area contributed by atoms with E-state index in [1.54, 1.807) is 31.3 Å². The Hall–Kier alpha value is -2.63. The molecule has 1 aromatic heterocycles. The van der Waals surface area contributed by atoms with Crippen molar-refractivity contribution in [1.29, 1.82) is 0 Å². The Morgan fingerprint density at radius 2 is 1.76 bits per heavy atom. The van der Waals surface area contributed by atoms with Crippen LogP contribution in [0.4, 0.5) is 5.69 Å². The van der Waals surface area contributed by atoms with Crippen molar-refractivity contribution in [3.05, 3.63) is 47.3 Å². The van der Waals surface area contributed by atoms with E-state index in [1.807, 2.05) is 10.7 Å². The molecule has 1 saturated carbocycles. The molecule has 132 valence electrons. The lowest BCUT2D eigenvalue weighted by Gasteiger charge is -2.22. The lowest BCUT2D eigenvalue weighted by Crippen LogP contribution is -2.25. The van der Waals surface area contributed by atoms with Crippen molar-refractivity contribution < 1.29 is 9.59 Å². The molecule has 0 bridgehead atoms. The van der Waals surface area contributed by atoms with Crippen molar-refractivity contribution in [2.75, 3.05) is 12.4 Å². The standard InChI is InChI=1S/C19H24N4O2/c1-19(2,3)23-16(12-5-6-12)11-15(22-23)18(25)21-14-9-7-13(8-10-14)17(24)20-4/h7-12H,5-6H2,1-4H3,(H,20,24)(H,21,25). The van der Waals surface area contributed by atoms with E-state index in [0.29, 0.717) is 22.9 Å². The lowest BCUT2D eigenvalue weighted by molar-refractivity contribution is 0.0962. The van der Waals surface area contributed by atoms with E-state index in [-0.39, 0.29) is 17.4 Å². The predicted molar refractivity (Wildman–Crippen MR) is 97.0 cm³/mol. The first-order valence-corrected chi connectivity index (χ1v) is 8.53. The molecule has 2 aromatic rings. The molecule has 0 aliphatic heterocycles. The van der Waals surface area contributed by atoms with Gasteiger partial charge in [-0.15, -0.1) is 0 Å². The number of anilines is 1. The van der Waals surface area contributed by atoms with E-state index in [9.17, 15) is 9.59 Å². The fourth-order valence-corrected chi connectivity index (χ4v) is 2.76. The van der Waals surface area contributed by atoms with Crippen LogP contribution in [0.15, 0.2) is 30.3 Å². The zero-order valence-electron chi connectivity index (χ0n) is 15.1. The van der Waals surface area contributed by atoms with Gasteiger partial charge in [-0.2, -0.15) is 5.10 Å². The highest BCUT2D eigenvalue weighted by Crippen LogP contribution is 2.41. The summed E-state index contributed by atoms with van der Waals surface area (Å²) in [5.41, 5.74) is 2.58. The summed E-state index contributed by atoms with van der Waals surface area (Å²) in [6, 6.07) is 8.68. The van der Waals surface area contributed by atoms with Gasteiger partial charge in [0.05, 0.1) is 5.54 Å². The van der Waals surface area contributed by atoms with Crippen LogP contribution in [0.1, 0.15) is 66.1 Å². The van der Waals surface area contributed by atoms with E-state index in [4.69, 9.17) is 0 Å². The molecule has 3 rings (SSSR count). The molecule has 1 aliphatic rings. The number of amides is 2. The fourth-order valence-electron chi connectivity index (χ4n) is 2.76. The second-order valence-corrected chi connectivity index (χ2v) is 7.42. The second kappa shape index (κ2) is 6.35. The van der Waals surface area contributed by atoms with Crippen LogP contribution in [0.5, 0.6) is 0 Å². The summed E-state index contributed by atoms with van der Waals surface area (Å²) >= 11 is 0. The van der Waals surface area contributed by atoms with Crippen molar-refractivity contribution in [3.63, 3.8) is 0 Å². The number of carbonyl (C=O) groups excluding carboxylic acids is 2. The third kappa shape index (κ3) is 3.73. The zero-order valence-corrected chi connectivity index (χ0v) is 15.1. The molecule has 2 N–H and O–H groups in total. The summed E-state index contributed by atoms with van der Waals surface area (Å²) < 4.78 is 1.97. The van der Waals surface area contributed by atoms with Crippen LogP contribution in [-0.4, -0.2) is 28.6 Å². The molecular weight excluding hydrogens is 316 g/mol.